The van der Waals surface area contributed by atoms with Crippen LogP contribution in [-0.2, 0) is 11.3 Å². The SMILES string of the molecule is COc1ccc(-c2noc(CN)n2)cc1OC1CCCOC1. The van der Waals surface area contributed by atoms with Gasteiger partial charge in [-0.05, 0) is 31.0 Å². The van der Waals surface area contributed by atoms with Crippen LogP contribution in [0, 0.1) is 0 Å². The van der Waals surface area contributed by atoms with Gasteiger partial charge in [0.25, 0.3) is 0 Å². The summed E-state index contributed by atoms with van der Waals surface area (Å²) in [6.45, 7) is 1.60. The predicted octanol–water partition coefficient (Wildman–Crippen LogP) is 1.76. The third kappa shape index (κ3) is 3.20. The van der Waals surface area contributed by atoms with Gasteiger partial charge >= 0.3 is 0 Å². The summed E-state index contributed by atoms with van der Waals surface area (Å²) >= 11 is 0. The average Bonchev–Trinajstić information content (AvgIpc) is 3.05. The Hall–Kier alpha value is -2.12. The summed E-state index contributed by atoms with van der Waals surface area (Å²) in [6.07, 6.45) is 1.99. The number of aromatic nitrogens is 2. The van der Waals surface area contributed by atoms with Gasteiger partial charge in [0.1, 0.15) is 6.10 Å². The van der Waals surface area contributed by atoms with Gasteiger partial charge in [-0.3, -0.25) is 0 Å². The fraction of sp³-hybridized carbons (Fsp3) is 0.467. The van der Waals surface area contributed by atoms with Crippen LogP contribution in [0.2, 0.25) is 0 Å². The number of nitrogens with two attached hydrogens (primary N) is 1. The van der Waals surface area contributed by atoms with E-state index in [4.69, 9.17) is 24.5 Å². The van der Waals surface area contributed by atoms with Crippen LogP contribution in [0.4, 0.5) is 0 Å². The minimum Gasteiger partial charge on any atom is -0.493 e. The van der Waals surface area contributed by atoms with E-state index in [-0.39, 0.29) is 12.6 Å². The number of ether oxygens (including phenoxy) is 3. The molecule has 7 nitrogen and oxygen atoms in total. The van der Waals surface area contributed by atoms with Crippen molar-refractivity contribution in [1.29, 1.82) is 0 Å². The Balaban J connectivity index is 1.84. The molecule has 0 spiro atoms. The van der Waals surface area contributed by atoms with Crippen molar-refractivity contribution < 1.29 is 18.7 Å². The molecule has 0 saturated carbocycles. The number of benzene rings is 1. The van der Waals surface area contributed by atoms with E-state index in [0.29, 0.717) is 29.8 Å². The van der Waals surface area contributed by atoms with E-state index in [0.717, 1.165) is 25.0 Å². The standard InChI is InChI=1S/C15H19N3O4/c1-19-12-5-4-10(15-17-14(8-16)22-18-15)7-13(12)21-11-3-2-6-20-9-11/h4-5,7,11H,2-3,6,8-9,16H2,1H3. The Bertz CT molecular complexity index is 623. The number of rotatable bonds is 5. The lowest BCUT2D eigenvalue weighted by Crippen LogP contribution is -2.28. The molecule has 0 amide bonds. The molecule has 1 aromatic heterocycles. The van der Waals surface area contributed by atoms with Gasteiger partial charge in [-0.25, -0.2) is 0 Å². The topological polar surface area (TPSA) is 92.6 Å². The molecule has 0 radical (unpaired) electrons. The molecule has 0 bridgehead atoms. The highest BCUT2D eigenvalue weighted by Gasteiger charge is 2.19. The van der Waals surface area contributed by atoms with E-state index in [2.05, 4.69) is 10.1 Å². The normalized spacial score (nSPS) is 18.2. The maximum Gasteiger partial charge on any atom is 0.240 e. The molecule has 118 valence electrons. The monoisotopic (exact) mass is 305 g/mol. The van der Waals surface area contributed by atoms with Crippen LogP contribution >= 0.6 is 0 Å². The van der Waals surface area contributed by atoms with Crippen LogP contribution < -0.4 is 15.2 Å². The van der Waals surface area contributed by atoms with E-state index in [1.54, 1.807) is 7.11 Å². The third-order valence-electron chi connectivity index (χ3n) is 3.48. The fourth-order valence-corrected chi connectivity index (χ4v) is 2.35. The Morgan fingerprint density at radius 2 is 2.27 bits per heavy atom. The molecule has 0 aliphatic carbocycles. The van der Waals surface area contributed by atoms with E-state index in [1.165, 1.54) is 0 Å². The molecular weight excluding hydrogens is 286 g/mol. The molecule has 1 aliphatic rings. The lowest BCUT2D eigenvalue weighted by Gasteiger charge is -2.24. The Morgan fingerprint density at radius 1 is 1.36 bits per heavy atom. The maximum absolute atomic E-state index is 6.01. The Kier molecular flexibility index (Phi) is 4.55. The van der Waals surface area contributed by atoms with Crippen molar-refractivity contribution in [3.05, 3.63) is 24.1 Å². The van der Waals surface area contributed by atoms with Crippen LogP contribution in [0.1, 0.15) is 18.7 Å². The van der Waals surface area contributed by atoms with Gasteiger partial charge in [-0.2, -0.15) is 4.98 Å². The summed E-state index contributed by atoms with van der Waals surface area (Å²) in [5, 5.41) is 3.91. The lowest BCUT2D eigenvalue weighted by molar-refractivity contribution is 0.00646. The zero-order valence-corrected chi connectivity index (χ0v) is 12.4. The largest absolute Gasteiger partial charge is 0.493 e. The third-order valence-corrected chi connectivity index (χ3v) is 3.48. The van der Waals surface area contributed by atoms with Gasteiger partial charge in [-0.15, -0.1) is 0 Å². The molecule has 22 heavy (non-hydrogen) atoms. The minimum absolute atomic E-state index is 0.0303. The van der Waals surface area contributed by atoms with Crippen molar-refractivity contribution >= 4 is 0 Å². The molecule has 1 aromatic carbocycles. The molecule has 1 saturated heterocycles. The van der Waals surface area contributed by atoms with Crippen LogP contribution in [0.25, 0.3) is 11.4 Å². The number of hydrogen-bond donors (Lipinski definition) is 1. The van der Waals surface area contributed by atoms with Crippen molar-refractivity contribution in [3.63, 3.8) is 0 Å². The molecule has 7 heteroatoms. The van der Waals surface area contributed by atoms with Crippen molar-refractivity contribution in [3.8, 4) is 22.9 Å². The number of methoxy groups -OCH3 is 1. The van der Waals surface area contributed by atoms with E-state index >= 15 is 0 Å². The van der Waals surface area contributed by atoms with Gasteiger partial charge in [0.05, 0.1) is 20.3 Å². The summed E-state index contributed by atoms with van der Waals surface area (Å²) in [4.78, 5) is 4.22. The van der Waals surface area contributed by atoms with E-state index < -0.39 is 0 Å². The molecule has 2 heterocycles. The first-order valence-corrected chi connectivity index (χ1v) is 7.25. The van der Waals surface area contributed by atoms with E-state index in [9.17, 15) is 0 Å². The van der Waals surface area contributed by atoms with Crippen molar-refractivity contribution in [2.75, 3.05) is 20.3 Å². The first kappa shape index (κ1) is 14.8. The zero-order chi connectivity index (χ0) is 15.4. The first-order valence-electron chi connectivity index (χ1n) is 7.25. The smallest absolute Gasteiger partial charge is 0.240 e. The summed E-state index contributed by atoms with van der Waals surface area (Å²) < 4.78 is 21.8. The second-order valence-electron chi connectivity index (χ2n) is 5.04. The van der Waals surface area contributed by atoms with Gasteiger partial charge in [-0.1, -0.05) is 5.16 Å². The van der Waals surface area contributed by atoms with Crippen LogP contribution in [0.3, 0.4) is 0 Å². The number of hydrogen-bond acceptors (Lipinski definition) is 7. The maximum atomic E-state index is 6.01. The summed E-state index contributed by atoms with van der Waals surface area (Å²) in [5.41, 5.74) is 6.27. The molecule has 2 N–H and O–H groups in total. The molecule has 2 aromatic rings. The average molecular weight is 305 g/mol. The van der Waals surface area contributed by atoms with Gasteiger partial charge in [0.15, 0.2) is 11.5 Å². The molecule has 1 unspecified atom stereocenters. The lowest BCUT2D eigenvalue weighted by atomic mass is 10.1. The highest BCUT2D eigenvalue weighted by molar-refractivity contribution is 5.60. The highest BCUT2D eigenvalue weighted by Crippen LogP contribution is 2.33. The number of nitrogens with zero attached hydrogens (tertiary/aromatic N) is 2. The minimum atomic E-state index is 0.0303. The van der Waals surface area contributed by atoms with Crippen LogP contribution in [0.5, 0.6) is 11.5 Å². The quantitative estimate of drug-likeness (QED) is 0.899. The first-order chi connectivity index (χ1) is 10.8. The Morgan fingerprint density at radius 3 is 2.95 bits per heavy atom. The Labute approximate surface area is 128 Å². The zero-order valence-electron chi connectivity index (χ0n) is 12.4. The molecule has 3 rings (SSSR count). The summed E-state index contributed by atoms with van der Waals surface area (Å²) in [7, 11) is 1.61. The van der Waals surface area contributed by atoms with Crippen molar-refractivity contribution in [2.24, 2.45) is 5.73 Å². The molecule has 1 aliphatic heterocycles. The second-order valence-corrected chi connectivity index (χ2v) is 5.04. The van der Waals surface area contributed by atoms with Gasteiger partial charge < -0.3 is 24.5 Å². The molecular formula is C15H19N3O4. The van der Waals surface area contributed by atoms with Gasteiger partial charge in [0, 0.05) is 12.2 Å². The summed E-state index contributed by atoms with van der Waals surface area (Å²) in [6, 6.07) is 5.53. The van der Waals surface area contributed by atoms with Crippen molar-refractivity contribution in [2.45, 2.75) is 25.5 Å². The highest BCUT2D eigenvalue weighted by atomic mass is 16.5. The van der Waals surface area contributed by atoms with Crippen LogP contribution in [0.15, 0.2) is 22.7 Å². The summed E-state index contributed by atoms with van der Waals surface area (Å²) in [5.74, 6) is 2.19. The molecule has 1 fully saturated rings. The van der Waals surface area contributed by atoms with Crippen LogP contribution in [-0.4, -0.2) is 36.6 Å². The van der Waals surface area contributed by atoms with E-state index in [1.807, 2.05) is 18.2 Å². The molecule has 1 atom stereocenters. The van der Waals surface area contributed by atoms with Gasteiger partial charge in [0.2, 0.25) is 11.7 Å². The predicted molar refractivity (Wildman–Crippen MR) is 78.6 cm³/mol. The van der Waals surface area contributed by atoms with Crippen molar-refractivity contribution in [1.82, 2.24) is 10.1 Å². The fourth-order valence-electron chi connectivity index (χ4n) is 2.35. The second kappa shape index (κ2) is 6.76.